The highest BCUT2D eigenvalue weighted by molar-refractivity contribution is 4.89. The molecule has 0 aromatic carbocycles. The maximum absolute atomic E-state index is 10.2. The number of hydrogen-bond donors (Lipinski definition) is 2. The van der Waals surface area contributed by atoms with E-state index in [4.69, 9.17) is 10.5 Å². The van der Waals surface area contributed by atoms with Gasteiger partial charge < -0.3 is 15.6 Å². The molecule has 0 aromatic heterocycles. The predicted molar refractivity (Wildman–Crippen MR) is 52.4 cm³/mol. The van der Waals surface area contributed by atoms with E-state index in [1.54, 1.807) is 0 Å². The molecular formula is C10H21NO2. The fourth-order valence-electron chi connectivity index (χ4n) is 1.98. The lowest BCUT2D eigenvalue weighted by Crippen LogP contribution is -2.49. The standard InChI is InChI=1S/C10H21NO2/c1-3-9(6-11)10(12)5-4-8(2)13-7-10/h8-9,12H,3-7,11H2,1-2H3. The lowest BCUT2D eigenvalue weighted by molar-refractivity contribution is -0.141. The van der Waals surface area contributed by atoms with E-state index in [0.717, 1.165) is 19.3 Å². The van der Waals surface area contributed by atoms with Crippen LogP contribution in [-0.4, -0.2) is 30.0 Å². The van der Waals surface area contributed by atoms with Gasteiger partial charge in [-0.15, -0.1) is 0 Å². The van der Waals surface area contributed by atoms with E-state index < -0.39 is 5.60 Å². The minimum Gasteiger partial charge on any atom is -0.387 e. The molecular weight excluding hydrogens is 166 g/mol. The fourth-order valence-corrected chi connectivity index (χ4v) is 1.98. The minimum absolute atomic E-state index is 0.181. The number of ether oxygens (including phenoxy) is 1. The van der Waals surface area contributed by atoms with Gasteiger partial charge in [-0.2, -0.15) is 0 Å². The van der Waals surface area contributed by atoms with Gasteiger partial charge in [-0.25, -0.2) is 0 Å². The molecule has 3 heteroatoms. The molecule has 0 spiro atoms. The molecule has 0 aliphatic carbocycles. The molecule has 13 heavy (non-hydrogen) atoms. The Balaban J connectivity index is 2.54. The van der Waals surface area contributed by atoms with Crippen LogP contribution in [0.15, 0.2) is 0 Å². The molecule has 1 aliphatic rings. The Morgan fingerprint density at radius 1 is 1.69 bits per heavy atom. The molecule has 1 aliphatic heterocycles. The number of aliphatic hydroxyl groups is 1. The topological polar surface area (TPSA) is 55.5 Å². The van der Waals surface area contributed by atoms with Gasteiger partial charge in [0.05, 0.1) is 18.3 Å². The first-order chi connectivity index (χ1) is 6.12. The molecule has 0 radical (unpaired) electrons. The summed E-state index contributed by atoms with van der Waals surface area (Å²) in [6.07, 6.45) is 2.97. The molecule has 78 valence electrons. The van der Waals surface area contributed by atoms with Crippen molar-refractivity contribution in [3.63, 3.8) is 0 Å². The number of rotatable bonds is 3. The summed E-state index contributed by atoms with van der Waals surface area (Å²) in [5.41, 5.74) is 4.95. The lowest BCUT2D eigenvalue weighted by Gasteiger charge is -2.40. The summed E-state index contributed by atoms with van der Waals surface area (Å²) >= 11 is 0. The molecule has 1 rings (SSSR count). The van der Waals surface area contributed by atoms with Crippen LogP contribution in [0.2, 0.25) is 0 Å². The Kier molecular flexibility index (Phi) is 3.71. The Morgan fingerprint density at radius 3 is 2.77 bits per heavy atom. The highest BCUT2D eigenvalue weighted by Gasteiger charge is 2.38. The van der Waals surface area contributed by atoms with Crippen molar-refractivity contribution in [3.05, 3.63) is 0 Å². The van der Waals surface area contributed by atoms with Crippen molar-refractivity contribution in [1.82, 2.24) is 0 Å². The average Bonchev–Trinajstić information content (AvgIpc) is 2.13. The summed E-state index contributed by atoms with van der Waals surface area (Å²) < 4.78 is 5.47. The zero-order chi connectivity index (χ0) is 9.90. The van der Waals surface area contributed by atoms with Gasteiger partial charge in [0.1, 0.15) is 0 Å². The van der Waals surface area contributed by atoms with Crippen LogP contribution in [0.5, 0.6) is 0 Å². The van der Waals surface area contributed by atoms with Gasteiger partial charge in [-0.3, -0.25) is 0 Å². The average molecular weight is 187 g/mol. The first-order valence-electron chi connectivity index (χ1n) is 5.16. The van der Waals surface area contributed by atoms with Gasteiger partial charge in [0.15, 0.2) is 0 Å². The Labute approximate surface area is 80.3 Å². The molecule has 0 saturated carbocycles. The third kappa shape index (κ3) is 2.42. The second kappa shape index (κ2) is 4.40. The molecule has 3 unspecified atom stereocenters. The van der Waals surface area contributed by atoms with Crippen LogP contribution in [-0.2, 0) is 4.74 Å². The van der Waals surface area contributed by atoms with Crippen LogP contribution < -0.4 is 5.73 Å². The Morgan fingerprint density at radius 2 is 2.38 bits per heavy atom. The summed E-state index contributed by atoms with van der Waals surface area (Å²) in [4.78, 5) is 0. The molecule has 3 nitrogen and oxygen atoms in total. The third-order valence-corrected chi connectivity index (χ3v) is 3.14. The van der Waals surface area contributed by atoms with Gasteiger partial charge in [0.2, 0.25) is 0 Å². The molecule has 1 saturated heterocycles. The van der Waals surface area contributed by atoms with E-state index in [-0.39, 0.29) is 12.0 Å². The van der Waals surface area contributed by atoms with E-state index in [1.807, 2.05) is 6.92 Å². The van der Waals surface area contributed by atoms with E-state index in [0.29, 0.717) is 13.2 Å². The largest absolute Gasteiger partial charge is 0.387 e. The highest BCUT2D eigenvalue weighted by Crippen LogP contribution is 2.30. The van der Waals surface area contributed by atoms with Crippen LogP contribution in [0.4, 0.5) is 0 Å². The minimum atomic E-state index is -0.671. The smallest absolute Gasteiger partial charge is 0.0921 e. The first kappa shape index (κ1) is 11.0. The van der Waals surface area contributed by atoms with Crippen LogP contribution in [0, 0.1) is 5.92 Å². The summed E-state index contributed by atoms with van der Waals surface area (Å²) in [6.45, 7) is 5.10. The quantitative estimate of drug-likeness (QED) is 0.690. The van der Waals surface area contributed by atoms with E-state index in [1.165, 1.54) is 0 Å². The van der Waals surface area contributed by atoms with Crippen molar-refractivity contribution in [3.8, 4) is 0 Å². The second-order valence-corrected chi connectivity index (χ2v) is 4.10. The van der Waals surface area contributed by atoms with Crippen LogP contribution >= 0.6 is 0 Å². The van der Waals surface area contributed by atoms with Crippen molar-refractivity contribution < 1.29 is 9.84 Å². The zero-order valence-corrected chi connectivity index (χ0v) is 8.62. The van der Waals surface area contributed by atoms with Gasteiger partial charge in [0, 0.05) is 5.92 Å². The maximum atomic E-state index is 10.2. The molecule has 1 fully saturated rings. The van der Waals surface area contributed by atoms with Crippen LogP contribution in [0.25, 0.3) is 0 Å². The van der Waals surface area contributed by atoms with Crippen LogP contribution in [0.3, 0.4) is 0 Å². The van der Waals surface area contributed by atoms with Crippen molar-refractivity contribution >= 4 is 0 Å². The first-order valence-corrected chi connectivity index (χ1v) is 5.16. The molecule has 0 bridgehead atoms. The summed E-state index contributed by atoms with van der Waals surface area (Å²) in [5.74, 6) is 0.181. The van der Waals surface area contributed by atoms with Crippen molar-refractivity contribution in [2.45, 2.75) is 44.8 Å². The molecule has 0 aromatic rings. The summed E-state index contributed by atoms with van der Waals surface area (Å²) in [7, 11) is 0. The van der Waals surface area contributed by atoms with E-state index in [2.05, 4.69) is 6.92 Å². The fraction of sp³-hybridized carbons (Fsp3) is 1.00. The molecule has 1 heterocycles. The van der Waals surface area contributed by atoms with Crippen molar-refractivity contribution in [2.75, 3.05) is 13.2 Å². The molecule has 3 atom stereocenters. The number of nitrogens with two attached hydrogens (primary N) is 1. The molecule has 3 N–H and O–H groups in total. The van der Waals surface area contributed by atoms with Crippen molar-refractivity contribution in [1.29, 1.82) is 0 Å². The number of hydrogen-bond acceptors (Lipinski definition) is 3. The van der Waals surface area contributed by atoms with E-state index >= 15 is 0 Å². The van der Waals surface area contributed by atoms with Gasteiger partial charge in [-0.1, -0.05) is 6.92 Å². The summed E-state index contributed by atoms with van der Waals surface area (Å²) in [5, 5.41) is 10.2. The maximum Gasteiger partial charge on any atom is 0.0921 e. The van der Waals surface area contributed by atoms with Crippen LogP contribution in [0.1, 0.15) is 33.1 Å². The second-order valence-electron chi connectivity index (χ2n) is 4.10. The third-order valence-electron chi connectivity index (χ3n) is 3.14. The SMILES string of the molecule is CCC(CN)C1(O)CCC(C)OC1. The van der Waals surface area contributed by atoms with Gasteiger partial charge in [-0.05, 0) is 32.7 Å². The summed E-state index contributed by atoms with van der Waals surface area (Å²) in [6, 6.07) is 0. The van der Waals surface area contributed by atoms with E-state index in [9.17, 15) is 5.11 Å². The van der Waals surface area contributed by atoms with Crippen molar-refractivity contribution in [2.24, 2.45) is 11.7 Å². The van der Waals surface area contributed by atoms with Gasteiger partial charge in [0.25, 0.3) is 0 Å². The highest BCUT2D eigenvalue weighted by atomic mass is 16.5. The predicted octanol–water partition coefficient (Wildman–Crippen LogP) is 0.901. The monoisotopic (exact) mass is 187 g/mol. The van der Waals surface area contributed by atoms with Gasteiger partial charge >= 0.3 is 0 Å². The molecule has 0 amide bonds. The Bertz CT molecular complexity index is 149. The normalized spacial score (nSPS) is 37.4. The lowest BCUT2D eigenvalue weighted by atomic mass is 9.80. The Hall–Kier alpha value is -0.120. The zero-order valence-electron chi connectivity index (χ0n) is 8.62.